The molecule has 0 bridgehead atoms. The number of hydrogen-bond donors (Lipinski definition) is 0. The number of imidazole rings is 1. The van der Waals surface area contributed by atoms with E-state index >= 15 is 0 Å². The maximum Gasteiger partial charge on any atom is 0.241 e. The van der Waals surface area contributed by atoms with E-state index < -0.39 is 0 Å². The molecule has 2 aromatic heterocycles. The minimum Gasteiger partial charge on any atom is -0.338 e. The third-order valence-corrected chi connectivity index (χ3v) is 3.53. The summed E-state index contributed by atoms with van der Waals surface area (Å²) in [4.78, 5) is 11.0. The monoisotopic (exact) mass is 309 g/mol. The predicted molar refractivity (Wildman–Crippen MR) is 87.3 cm³/mol. The van der Waals surface area contributed by atoms with Crippen LogP contribution in [0.3, 0.4) is 0 Å². The molecule has 0 saturated heterocycles. The highest BCUT2D eigenvalue weighted by atomic mass is 16.5. The van der Waals surface area contributed by atoms with E-state index in [0.717, 1.165) is 17.9 Å². The van der Waals surface area contributed by atoms with E-state index in [1.54, 1.807) is 6.20 Å². The van der Waals surface area contributed by atoms with E-state index in [0.29, 0.717) is 24.8 Å². The van der Waals surface area contributed by atoms with Gasteiger partial charge >= 0.3 is 0 Å². The molecular formula is C17H19N5O. The molecule has 3 rings (SSSR count). The lowest BCUT2D eigenvalue weighted by Crippen LogP contribution is -2.24. The number of nitrogens with zero attached hydrogens (tertiary/aromatic N) is 5. The van der Waals surface area contributed by atoms with Gasteiger partial charge in [0.25, 0.3) is 0 Å². The Labute approximate surface area is 135 Å². The van der Waals surface area contributed by atoms with Gasteiger partial charge in [0.1, 0.15) is 5.82 Å². The van der Waals surface area contributed by atoms with Crippen molar-refractivity contribution in [2.45, 2.75) is 13.1 Å². The van der Waals surface area contributed by atoms with Crippen molar-refractivity contribution in [3.63, 3.8) is 0 Å². The van der Waals surface area contributed by atoms with Gasteiger partial charge in [-0.05, 0) is 0 Å². The van der Waals surface area contributed by atoms with Crippen LogP contribution in [-0.2, 0) is 20.1 Å². The molecule has 23 heavy (non-hydrogen) atoms. The summed E-state index contributed by atoms with van der Waals surface area (Å²) in [5, 5.41) is 4.05. The van der Waals surface area contributed by atoms with Gasteiger partial charge in [0, 0.05) is 31.5 Å². The highest BCUT2D eigenvalue weighted by Crippen LogP contribution is 2.16. The van der Waals surface area contributed by atoms with Crippen LogP contribution in [0.5, 0.6) is 0 Å². The molecule has 6 nitrogen and oxygen atoms in total. The van der Waals surface area contributed by atoms with Crippen molar-refractivity contribution in [2.75, 3.05) is 6.54 Å². The van der Waals surface area contributed by atoms with Gasteiger partial charge in [-0.3, -0.25) is 4.90 Å². The zero-order chi connectivity index (χ0) is 16.1. The van der Waals surface area contributed by atoms with E-state index in [4.69, 9.17) is 4.52 Å². The highest BCUT2D eigenvalue weighted by Gasteiger charge is 2.14. The van der Waals surface area contributed by atoms with Gasteiger partial charge in [-0.1, -0.05) is 41.6 Å². The summed E-state index contributed by atoms with van der Waals surface area (Å²) < 4.78 is 7.38. The Balaban J connectivity index is 1.72. The van der Waals surface area contributed by atoms with E-state index in [1.807, 2.05) is 54.2 Å². The third-order valence-electron chi connectivity index (χ3n) is 3.53. The van der Waals surface area contributed by atoms with E-state index in [-0.39, 0.29) is 0 Å². The molecule has 0 N–H and O–H groups in total. The quantitative estimate of drug-likeness (QED) is 0.628. The summed E-state index contributed by atoms with van der Waals surface area (Å²) in [6, 6.07) is 9.80. The summed E-state index contributed by atoms with van der Waals surface area (Å²) in [5.74, 6) is 2.17. The largest absolute Gasteiger partial charge is 0.338 e. The maximum absolute atomic E-state index is 5.38. The molecule has 0 atom stereocenters. The summed E-state index contributed by atoms with van der Waals surface area (Å²) in [6.07, 6.45) is 5.58. The van der Waals surface area contributed by atoms with Crippen LogP contribution in [0, 0.1) is 0 Å². The Kier molecular flexibility index (Phi) is 4.63. The smallest absolute Gasteiger partial charge is 0.241 e. The Bertz CT molecular complexity index is 762. The predicted octanol–water partition coefficient (Wildman–Crippen LogP) is 2.66. The topological polar surface area (TPSA) is 60.0 Å². The summed E-state index contributed by atoms with van der Waals surface area (Å²) in [6.45, 7) is 5.78. The molecule has 3 aromatic rings. The van der Waals surface area contributed by atoms with Crippen LogP contribution in [0.1, 0.15) is 11.7 Å². The van der Waals surface area contributed by atoms with Crippen molar-refractivity contribution in [1.82, 2.24) is 24.6 Å². The second-order valence-corrected chi connectivity index (χ2v) is 5.29. The van der Waals surface area contributed by atoms with Crippen LogP contribution in [-0.4, -0.2) is 31.1 Å². The zero-order valence-corrected chi connectivity index (χ0v) is 13.1. The molecular weight excluding hydrogens is 290 g/mol. The first-order chi connectivity index (χ1) is 11.3. The van der Waals surface area contributed by atoms with E-state index in [9.17, 15) is 0 Å². The van der Waals surface area contributed by atoms with E-state index in [2.05, 4.69) is 26.6 Å². The zero-order valence-electron chi connectivity index (χ0n) is 13.1. The molecule has 0 aliphatic carbocycles. The molecule has 0 radical (unpaired) electrons. The minimum absolute atomic E-state index is 0.554. The van der Waals surface area contributed by atoms with Crippen LogP contribution in [0.4, 0.5) is 0 Å². The van der Waals surface area contributed by atoms with Crippen molar-refractivity contribution in [2.24, 2.45) is 7.05 Å². The molecule has 1 aromatic carbocycles. The molecule has 0 fully saturated rings. The molecule has 0 aliphatic heterocycles. The fourth-order valence-electron chi connectivity index (χ4n) is 2.33. The maximum atomic E-state index is 5.38. The highest BCUT2D eigenvalue weighted by molar-refractivity contribution is 5.53. The Morgan fingerprint density at radius 3 is 2.78 bits per heavy atom. The number of rotatable bonds is 7. The van der Waals surface area contributed by atoms with E-state index in [1.165, 1.54) is 0 Å². The van der Waals surface area contributed by atoms with Crippen LogP contribution in [0.15, 0.2) is 59.9 Å². The first-order valence-corrected chi connectivity index (χ1v) is 7.43. The minimum atomic E-state index is 0.554. The van der Waals surface area contributed by atoms with Crippen molar-refractivity contribution >= 4 is 0 Å². The molecule has 0 spiro atoms. The van der Waals surface area contributed by atoms with Crippen molar-refractivity contribution in [3.8, 4) is 11.4 Å². The summed E-state index contributed by atoms with van der Waals surface area (Å²) in [5.41, 5.74) is 0.946. The van der Waals surface area contributed by atoms with Crippen LogP contribution in [0.2, 0.25) is 0 Å². The standard InChI is InChI=1S/C17H19N5O/c1-3-10-22(12-15-18-9-11-21(15)2)13-16-19-17(20-23-16)14-7-5-4-6-8-14/h3-9,11H,1,10,12-13H2,2H3. The van der Waals surface area contributed by atoms with Crippen molar-refractivity contribution < 1.29 is 4.52 Å². The van der Waals surface area contributed by atoms with Gasteiger partial charge in [0.15, 0.2) is 0 Å². The molecule has 0 aliphatic rings. The lowest BCUT2D eigenvalue weighted by Gasteiger charge is -2.17. The Hall–Kier alpha value is -2.73. The Morgan fingerprint density at radius 2 is 2.09 bits per heavy atom. The van der Waals surface area contributed by atoms with Crippen LogP contribution in [0.25, 0.3) is 11.4 Å². The summed E-state index contributed by atoms with van der Waals surface area (Å²) >= 11 is 0. The Morgan fingerprint density at radius 1 is 1.26 bits per heavy atom. The second kappa shape index (κ2) is 7.02. The number of hydrogen-bond acceptors (Lipinski definition) is 5. The SMILES string of the molecule is C=CCN(Cc1nc(-c2ccccc2)no1)Cc1nccn1C. The lowest BCUT2D eigenvalue weighted by atomic mass is 10.2. The molecule has 6 heteroatoms. The van der Waals surface area contributed by atoms with Gasteiger partial charge < -0.3 is 9.09 Å². The fraction of sp³-hybridized carbons (Fsp3) is 0.235. The second-order valence-electron chi connectivity index (χ2n) is 5.29. The number of aromatic nitrogens is 4. The van der Waals surface area contributed by atoms with Gasteiger partial charge in [-0.25, -0.2) is 4.98 Å². The van der Waals surface area contributed by atoms with Gasteiger partial charge in [0.2, 0.25) is 11.7 Å². The molecule has 0 unspecified atom stereocenters. The first kappa shape index (κ1) is 15.2. The molecule has 118 valence electrons. The van der Waals surface area contributed by atoms with Crippen molar-refractivity contribution in [1.29, 1.82) is 0 Å². The van der Waals surface area contributed by atoms with Gasteiger partial charge in [-0.2, -0.15) is 4.98 Å². The third kappa shape index (κ3) is 3.73. The molecule has 0 saturated carbocycles. The first-order valence-electron chi connectivity index (χ1n) is 7.43. The lowest BCUT2D eigenvalue weighted by molar-refractivity contribution is 0.232. The average molecular weight is 309 g/mol. The summed E-state index contributed by atoms with van der Waals surface area (Å²) in [7, 11) is 1.98. The molecule has 2 heterocycles. The van der Waals surface area contributed by atoms with Gasteiger partial charge in [-0.15, -0.1) is 6.58 Å². The van der Waals surface area contributed by atoms with Gasteiger partial charge in [0.05, 0.1) is 13.1 Å². The van der Waals surface area contributed by atoms with Crippen LogP contribution < -0.4 is 0 Å². The molecule has 0 amide bonds. The normalized spacial score (nSPS) is 11.0. The van der Waals surface area contributed by atoms with Crippen molar-refractivity contribution in [3.05, 3.63) is 67.1 Å². The fourth-order valence-corrected chi connectivity index (χ4v) is 2.33. The number of benzene rings is 1. The van der Waals surface area contributed by atoms with Crippen LogP contribution >= 0.6 is 0 Å². The number of aryl methyl sites for hydroxylation is 1. The average Bonchev–Trinajstić information content (AvgIpc) is 3.18.